The maximum Gasteiger partial charge on any atom is 0.427 e. The smallest absolute Gasteiger partial charge is 0.427 e. The number of rotatable bonds is 10. The van der Waals surface area contributed by atoms with E-state index in [4.69, 9.17) is 15.2 Å². The second kappa shape index (κ2) is 11.2. The van der Waals surface area contributed by atoms with Crippen LogP contribution in [-0.4, -0.2) is 51.5 Å². The number of primary amides is 1. The highest BCUT2D eigenvalue weighted by molar-refractivity contribution is 7.92. The van der Waals surface area contributed by atoms with Crippen molar-refractivity contribution in [2.75, 3.05) is 23.3 Å². The number of hydrogen-bond acceptors (Lipinski definition) is 7. The SMILES string of the molecule is COc1cc(S(=O)(=O)N2CC3(C[C@@H]3CCCCC(N)=O)Oc3ccc(NC(=O)OC(C)(C)C(F)(F)F)cc32)ccc1F. The molecule has 1 aliphatic heterocycles. The summed E-state index contributed by atoms with van der Waals surface area (Å²) >= 11 is 0. The van der Waals surface area contributed by atoms with Crippen LogP contribution in [0.1, 0.15) is 46.0 Å². The Morgan fingerprint density at radius 1 is 1.17 bits per heavy atom. The van der Waals surface area contributed by atoms with Crippen molar-refractivity contribution >= 4 is 33.4 Å². The number of unbranched alkanes of at least 4 members (excludes halogenated alkanes) is 1. The van der Waals surface area contributed by atoms with E-state index in [-0.39, 0.29) is 46.7 Å². The third kappa shape index (κ3) is 6.35. The maximum atomic E-state index is 14.1. The van der Waals surface area contributed by atoms with Crippen LogP contribution in [0.5, 0.6) is 11.5 Å². The topological polar surface area (TPSA) is 137 Å². The van der Waals surface area contributed by atoms with Crippen LogP contribution in [0.3, 0.4) is 0 Å². The molecule has 1 saturated carbocycles. The van der Waals surface area contributed by atoms with E-state index in [0.717, 1.165) is 22.5 Å². The van der Waals surface area contributed by atoms with Crippen LogP contribution in [0.4, 0.5) is 33.7 Å². The highest BCUT2D eigenvalue weighted by Gasteiger charge is 2.60. The van der Waals surface area contributed by atoms with Crippen molar-refractivity contribution in [1.29, 1.82) is 0 Å². The van der Waals surface area contributed by atoms with Gasteiger partial charge < -0.3 is 19.9 Å². The van der Waals surface area contributed by atoms with Crippen LogP contribution in [0, 0.1) is 11.7 Å². The molecule has 0 bridgehead atoms. The van der Waals surface area contributed by atoms with E-state index in [0.29, 0.717) is 39.5 Å². The Morgan fingerprint density at radius 3 is 2.52 bits per heavy atom. The van der Waals surface area contributed by atoms with Gasteiger partial charge in [0.05, 0.1) is 24.2 Å². The molecule has 1 fully saturated rings. The first kappa shape index (κ1) is 31.2. The Balaban J connectivity index is 1.65. The average Bonchev–Trinajstić information content (AvgIpc) is 3.55. The number of nitrogens with zero attached hydrogens (tertiary/aromatic N) is 1. The van der Waals surface area contributed by atoms with Gasteiger partial charge in [-0.05, 0) is 63.4 Å². The zero-order valence-corrected chi connectivity index (χ0v) is 23.9. The summed E-state index contributed by atoms with van der Waals surface area (Å²) in [4.78, 5) is 23.1. The van der Waals surface area contributed by atoms with E-state index in [1.165, 1.54) is 25.3 Å². The number of nitrogens with one attached hydrogen (secondary N) is 1. The summed E-state index contributed by atoms with van der Waals surface area (Å²) in [6.45, 7) is 1.26. The van der Waals surface area contributed by atoms with Crippen molar-refractivity contribution in [2.24, 2.45) is 11.7 Å². The monoisotopic (exact) mass is 617 g/mol. The molecule has 2 atom stereocenters. The number of methoxy groups -OCH3 is 1. The zero-order valence-electron chi connectivity index (χ0n) is 23.1. The fourth-order valence-corrected chi connectivity index (χ4v) is 6.30. The van der Waals surface area contributed by atoms with Gasteiger partial charge in [-0.25, -0.2) is 17.6 Å². The molecule has 230 valence electrons. The number of carbonyl (C=O) groups is 2. The highest BCUT2D eigenvalue weighted by atomic mass is 32.2. The molecular weight excluding hydrogens is 586 g/mol. The molecule has 2 aliphatic rings. The molecule has 0 radical (unpaired) electrons. The first-order valence-electron chi connectivity index (χ1n) is 13.0. The fourth-order valence-electron chi connectivity index (χ4n) is 4.76. The van der Waals surface area contributed by atoms with E-state index in [9.17, 15) is 35.6 Å². The van der Waals surface area contributed by atoms with E-state index in [1.54, 1.807) is 0 Å². The number of hydrogen-bond donors (Lipinski definition) is 2. The molecule has 3 N–H and O–H groups in total. The lowest BCUT2D eigenvalue weighted by atomic mass is 10.1. The number of halogens is 4. The number of amides is 2. The number of nitrogens with two attached hydrogens (primary N) is 1. The number of carbonyl (C=O) groups excluding carboxylic acids is 2. The van der Waals surface area contributed by atoms with Gasteiger partial charge in [-0.15, -0.1) is 0 Å². The highest BCUT2D eigenvalue weighted by Crippen LogP contribution is 2.56. The largest absolute Gasteiger partial charge is 0.494 e. The van der Waals surface area contributed by atoms with Gasteiger partial charge >= 0.3 is 12.3 Å². The predicted octanol–water partition coefficient (Wildman–Crippen LogP) is 5.12. The molecule has 2 aromatic rings. The molecule has 10 nitrogen and oxygen atoms in total. The van der Waals surface area contributed by atoms with Crippen molar-refractivity contribution < 1.29 is 49.8 Å². The van der Waals surface area contributed by atoms with Crippen LogP contribution in [0.25, 0.3) is 0 Å². The zero-order chi connectivity index (χ0) is 31.1. The van der Waals surface area contributed by atoms with Crippen LogP contribution in [-0.2, 0) is 19.6 Å². The van der Waals surface area contributed by atoms with Crippen molar-refractivity contribution in [3.8, 4) is 11.5 Å². The quantitative estimate of drug-likeness (QED) is 0.279. The maximum absolute atomic E-state index is 14.1. The third-order valence-electron chi connectivity index (χ3n) is 7.34. The van der Waals surface area contributed by atoms with Gasteiger partial charge in [0.2, 0.25) is 11.5 Å². The summed E-state index contributed by atoms with van der Waals surface area (Å²) in [6, 6.07) is 7.07. The van der Waals surface area contributed by atoms with Gasteiger partial charge in [0.1, 0.15) is 11.4 Å². The predicted molar refractivity (Wildman–Crippen MR) is 143 cm³/mol. The molecule has 2 amide bonds. The first-order chi connectivity index (χ1) is 19.5. The Labute approximate surface area is 240 Å². The number of sulfonamides is 1. The minimum absolute atomic E-state index is 0.0103. The minimum Gasteiger partial charge on any atom is -0.494 e. The van der Waals surface area contributed by atoms with Gasteiger partial charge in [-0.3, -0.25) is 14.4 Å². The molecule has 1 aliphatic carbocycles. The van der Waals surface area contributed by atoms with Gasteiger partial charge in [0.25, 0.3) is 10.0 Å². The molecule has 1 heterocycles. The molecule has 2 aromatic carbocycles. The van der Waals surface area contributed by atoms with E-state index < -0.39 is 45.2 Å². The van der Waals surface area contributed by atoms with Crippen molar-refractivity contribution in [3.05, 3.63) is 42.2 Å². The van der Waals surface area contributed by atoms with Gasteiger partial charge in [0.15, 0.2) is 11.6 Å². The number of benzene rings is 2. The van der Waals surface area contributed by atoms with Crippen molar-refractivity contribution in [2.45, 2.75) is 68.2 Å². The van der Waals surface area contributed by atoms with E-state index in [2.05, 4.69) is 10.1 Å². The molecule has 15 heteroatoms. The second-order valence-electron chi connectivity index (χ2n) is 10.8. The van der Waals surface area contributed by atoms with Gasteiger partial charge in [-0.2, -0.15) is 13.2 Å². The molecule has 1 spiro atoms. The third-order valence-corrected chi connectivity index (χ3v) is 9.10. The number of fused-ring (bicyclic) bond motifs is 1. The fraction of sp³-hybridized carbons (Fsp3) is 0.481. The first-order valence-corrected chi connectivity index (χ1v) is 14.5. The Kier molecular flexibility index (Phi) is 8.28. The lowest BCUT2D eigenvalue weighted by Crippen LogP contribution is -2.46. The normalized spacial score (nSPS) is 20.0. The summed E-state index contributed by atoms with van der Waals surface area (Å²) in [6.07, 6.45) is -3.57. The Hall–Kier alpha value is -3.75. The standard InChI is InChI=1S/C27H31F4N3O7S/c1-25(2,27(29,30)31)41-24(36)33-17-8-11-21-20(12-17)34(42(37,38)18-9-10-19(28)22(13-18)39-3)15-26(40-21)14-16(26)6-4-5-7-23(32)35/h8-13,16H,4-7,14-15H2,1-3H3,(H2,32,35)(H,33,36)/t16-,26?/m0/s1. The van der Waals surface area contributed by atoms with Crippen LogP contribution < -0.4 is 24.8 Å². The van der Waals surface area contributed by atoms with Crippen molar-refractivity contribution in [3.63, 3.8) is 0 Å². The molecule has 0 aromatic heterocycles. The summed E-state index contributed by atoms with van der Waals surface area (Å²) in [5.74, 6) is -1.33. The molecule has 1 unspecified atom stereocenters. The lowest BCUT2D eigenvalue weighted by molar-refractivity contribution is -0.242. The number of anilines is 2. The summed E-state index contributed by atoms with van der Waals surface area (Å²) in [5, 5.41) is 2.20. The molecule has 42 heavy (non-hydrogen) atoms. The summed E-state index contributed by atoms with van der Waals surface area (Å²) < 4.78 is 98.3. The summed E-state index contributed by atoms with van der Waals surface area (Å²) in [5.41, 5.74) is 1.51. The summed E-state index contributed by atoms with van der Waals surface area (Å²) in [7, 11) is -3.16. The van der Waals surface area contributed by atoms with Crippen LogP contribution in [0.2, 0.25) is 0 Å². The number of alkyl halides is 3. The average molecular weight is 618 g/mol. The molecule has 0 saturated heterocycles. The van der Waals surface area contributed by atoms with E-state index in [1.807, 2.05) is 0 Å². The molecule has 4 rings (SSSR count). The van der Waals surface area contributed by atoms with Crippen molar-refractivity contribution in [1.82, 2.24) is 0 Å². The minimum atomic E-state index is -4.83. The van der Waals surface area contributed by atoms with E-state index >= 15 is 0 Å². The van der Waals surface area contributed by atoms with Gasteiger partial charge in [0, 0.05) is 24.1 Å². The van der Waals surface area contributed by atoms with Crippen LogP contribution in [0.15, 0.2) is 41.3 Å². The van der Waals surface area contributed by atoms with Crippen LogP contribution >= 0.6 is 0 Å². The van der Waals surface area contributed by atoms with Gasteiger partial charge in [-0.1, -0.05) is 6.42 Å². The number of ether oxygens (including phenoxy) is 3. The molecular formula is C27H31F4N3O7S. The Morgan fingerprint density at radius 2 is 1.88 bits per heavy atom. The second-order valence-corrected chi connectivity index (χ2v) is 12.7. The lowest BCUT2D eigenvalue weighted by Gasteiger charge is -2.37. The Bertz CT molecular complexity index is 1480.